The van der Waals surface area contributed by atoms with Crippen molar-refractivity contribution >= 4 is 24.2 Å². The highest BCUT2D eigenvalue weighted by Crippen LogP contribution is 2.27. The van der Waals surface area contributed by atoms with Crippen LogP contribution in [0.2, 0.25) is 0 Å². The number of fused-ring (bicyclic) bond motifs is 1. The topological polar surface area (TPSA) is 63.4 Å². The number of nitro groups is 1. The molecule has 6 heteroatoms. The lowest BCUT2D eigenvalue weighted by Crippen LogP contribution is -2.43. The number of benzene rings is 1. The highest BCUT2D eigenvalue weighted by atomic mass is 32.1. The number of amides is 1. The number of rotatable bonds is 4. The lowest BCUT2D eigenvalue weighted by molar-refractivity contribution is -0.384. The standard InChI is InChI=1S/C14H18N2O3S/c1-14(2,9-20)8-15-6-5-10-3-4-11(16(18)19)7-12(10)13(15)17/h3-4,7,20H,5-6,8-9H2,1-2H3. The molecule has 1 heterocycles. The number of carbonyl (C=O) groups is 1. The van der Waals surface area contributed by atoms with Gasteiger partial charge < -0.3 is 4.90 Å². The van der Waals surface area contributed by atoms with Gasteiger partial charge in [0.15, 0.2) is 0 Å². The van der Waals surface area contributed by atoms with Gasteiger partial charge in [0.1, 0.15) is 0 Å². The smallest absolute Gasteiger partial charge is 0.270 e. The molecule has 0 fully saturated rings. The third-order valence-electron chi connectivity index (χ3n) is 3.52. The lowest BCUT2D eigenvalue weighted by atomic mass is 9.92. The van der Waals surface area contributed by atoms with Crippen molar-refractivity contribution < 1.29 is 9.72 Å². The van der Waals surface area contributed by atoms with Crippen LogP contribution in [-0.4, -0.2) is 34.6 Å². The second-order valence-corrected chi connectivity index (χ2v) is 6.21. The summed E-state index contributed by atoms with van der Waals surface area (Å²) >= 11 is 4.30. The first-order valence-corrected chi connectivity index (χ1v) is 7.15. The van der Waals surface area contributed by atoms with Gasteiger partial charge in [0.25, 0.3) is 11.6 Å². The normalized spacial score (nSPS) is 15.2. The molecule has 2 rings (SSSR count). The molecule has 1 aliphatic rings. The van der Waals surface area contributed by atoms with Crippen molar-refractivity contribution in [3.8, 4) is 0 Å². The molecule has 1 amide bonds. The van der Waals surface area contributed by atoms with Crippen molar-refractivity contribution in [2.45, 2.75) is 20.3 Å². The first-order valence-electron chi connectivity index (χ1n) is 6.51. The van der Waals surface area contributed by atoms with Crippen LogP contribution in [-0.2, 0) is 6.42 Å². The number of hydrogen-bond donors (Lipinski definition) is 1. The molecule has 0 aliphatic carbocycles. The Hall–Kier alpha value is -1.56. The van der Waals surface area contributed by atoms with Crippen LogP contribution in [0.5, 0.6) is 0 Å². The quantitative estimate of drug-likeness (QED) is 0.527. The molecular formula is C14H18N2O3S. The molecule has 0 bridgehead atoms. The zero-order valence-corrected chi connectivity index (χ0v) is 12.5. The van der Waals surface area contributed by atoms with Crippen molar-refractivity contribution in [1.82, 2.24) is 4.90 Å². The fourth-order valence-electron chi connectivity index (χ4n) is 2.34. The van der Waals surface area contributed by atoms with E-state index >= 15 is 0 Å². The summed E-state index contributed by atoms with van der Waals surface area (Å²) in [7, 11) is 0. The van der Waals surface area contributed by atoms with E-state index in [1.54, 1.807) is 11.0 Å². The van der Waals surface area contributed by atoms with Crippen molar-refractivity contribution in [3.05, 3.63) is 39.4 Å². The van der Waals surface area contributed by atoms with Crippen LogP contribution in [0.15, 0.2) is 18.2 Å². The van der Waals surface area contributed by atoms with Crippen molar-refractivity contribution in [2.75, 3.05) is 18.8 Å². The summed E-state index contributed by atoms with van der Waals surface area (Å²) < 4.78 is 0. The fraction of sp³-hybridized carbons (Fsp3) is 0.500. The predicted molar refractivity (Wildman–Crippen MR) is 80.3 cm³/mol. The minimum Gasteiger partial charge on any atom is -0.338 e. The van der Waals surface area contributed by atoms with E-state index in [-0.39, 0.29) is 17.0 Å². The average Bonchev–Trinajstić information content (AvgIpc) is 2.41. The van der Waals surface area contributed by atoms with Crippen LogP contribution < -0.4 is 0 Å². The summed E-state index contributed by atoms with van der Waals surface area (Å²) in [6.07, 6.45) is 0.738. The Bertz CT molecular complexity index is 557. The lowest BCUT2D eigenvalue weighted by Gasteiger charge is -2.34. The molecular weight excluding hydrogens is 276 g/mol. The van der Waals surface area contributed by atoms with Crippen molar-refractivity contribution in [1.29, 1.82) is 0 Å². The van der Waals surface area contributed by atoms with Gasteiger partial charge in [0.05, 0.1) is 4.92 Å². The summed E-state index contributed by atoms with van der Waals surface area (Å²) in [6.45, 7) is 5.37. The maximum Gasteiger partial charge on any atom is 0.270 e. The highest BCUT2D eigenvalue weighted by Gasteiger charge is 2.30. The van der Waals surface area contributed by atoms with Crippen molar-refractivity contribution in [3.63, 3.8) is 0 Å². The zero-order valence-electron chi connectivity index (χ0n) is 11.6. The summed E-state index contributed by atoms with van der Waals surface area (Å²) in [6, 6.07) is 4.53. The van der Waals surface area contributed by atoms with Gasteiger partial charge in [-0.1, -0.05) is 19.9 Å². The summed E-state index contributed by atoms with van der Waals surface area (Å²) in [5.74, 6) is 0.559. The predicted octanol–water partition coefficient (Wildman–Crippen LogP) is 2.55. The molecule has 0 spiro atoms. The van der Waals surface area contributed by atoms with Crippen LogP contribution in [0.3, 0.4) is 0 Å². The minimum absolute atomic E-state index is 0.0348. The first-order chi connectivity index (χ1) is 9.34. The second-order valence-electron chi connectivity index (χ2n) is 5.90. The molecule has 1 aromatic rings. The molecule has 0 saturated heterocycles. The fourth-order valence-corrected chi connectivity index (χ4v) is 2.44. The van der Waals surface area contributed by atoms with E-state index in [0.29, 0.717) is 24.4 Å². The van der Waals surface area contributed by atoms with E-state index in [1.165, 1.54) is 12.1 Å². The largest absolute Gasteiger partial charge is 0.338 e. The van der Waals surface area contributed by atoms with E-state index in [0.717, 1.165) is 12.0 Å². The molecule has 20 heavy (non-hydrogen) atoms. The van der Waals surface area contributed by atoms with Gasteiger partial charge in [0.2, 0.25) is 0 Å². The average molecular weight is 294 g/mol. The van der Waals surface area contributed by atoms with Gasteiger partial charge in [-0.3, -0.25) is 14.9 Å². The third-order valence-corrected chi connectivity index (χ3v) is 4.38. The molecule has 0 unspecified atom stereocenters. The van der Waals surface area contributed by atoms with Gasteiger partial charge in [0, 0.05) is 30.8 Å². The van der Waals surface area contributed by atoms with Gasteiger partial charge in [-0.15, -0.1) is 0 Å². The van der Waals surface area contributed by atoms with E-state index in [2.05, 4.69) is 26.5 Å². The molecule has 1 aliphatic heterocycles. The van der Waals surface area contributed by atoms with E-state index in [4.69, 9.17) is 0 Å². The first kappa shape index (κ1) is 14.8. The minimum atomic E-state index is -0.468. The van der Waals surface area contributed by atoms with Gasteiger partial charge in [-0.05, 0) is 23.2 Å². The summed E-state index contributed by atoms with van der Waals surface area (Å²) in [5.41, 5.74) is 1.24. The van der Waals surface area contributed by atoms with Gasteiger partial charge in [-0.2, -0.15) is 12.6 Å². The molecule has 1 aromatic carbocycles. The number of carbonyl (C=O) groups excluding carboxylic acids is 1. The maximum absolute atomic E-state index is 12.5. The van der Waals surface area contributed by atoms with Gasteiger partial charge >= 0.3 is 0 Å². The number of hydrogen-bond acceptors (Lipinski definition) is 4. The van der Waals surface area contributed by atoms with Crippen LogP contribution in [0.4, 0.5) is 5.69 Å². The van der Waals surface area contributed by atoms with Crippen LogP contribution in [0, 0.1) is 15.5 Å². The van der Waals surface area contributed by atoms with Crippen LogP contribution >= 0.6 is 12.6 Å². The number of non-ortho nitro benzene ring substituents is 1. The molecule has 0 N–H and O–H groups in total. The Morgan fingerprint density at radius 2 is 2.15 bits per heavy atom. The number of nitrogens with zero attached hydrogens (tertiary/aromatic N) is 2. The van der Waals surface area contributed by atoms with Crippen LogP contribution in [0.25, 0.3) is 0 Å². The molecule has 0 radical (unpaired) electrons. The van der Waals surface area contributed by atoms with E-state index in [1.807, 2.05) is 0 Å². The number of thiol groups is 1. The van der Waals surface area contributed by atoms with Gasteiger partial charge in [-0.25, -0.2) is 0 Å². The highest BCUT2D eigenvalue weighted by molar-refractivity contribution is 7.80. The summed E-state index contributed by atoms with van der Waals surface area (Å²) in [5, 5.41) is 10.8. The monoisotopic (exact) mass is 294 g/mol. The Morgan fingerprint density at radius 1 is 1.45 bits per heavy atom. The van der Waals surface area contributed by atoms with E-state index < -0.39 is 4.92 Å². The Labute approximate surface area is 123 Å². The van der Waals surface area contributed by atoms with Crippen molar-refractivity contribution in [2.24, 2.45) is 5.41 Å². The SMILES string of the molecule is CC(C)(CS)CN1CCc2ccc([N+](=O)[O-])cc2C1=O. The third kappa shape index (κ3) is 2.95. The van der Waals surface area contributed by atoms with Crippen LogP contribution in [0.1, 0.15) is 29.8 Å². The maximum atomic E-state index is 12.5. The Morgan fingerprint density at radius 3 is 2.75 bits per heavy atom. The molecule has 0 aromatic heterocycles. The zero-order chi connectivity index (χ0) is 14.9. The molecule has 108 valence electrons. The summed E-state index contributed by atoms with van der Waals surface area (Å²) in [4.78, 5) is 24.6. The molecule has 0 saturated carbocycles. The second kappa shape index (κ2) is 5.44. The Balaban J connectivity index is 2.28. The number of nitro benzene ring substituents is 1. The molecule has 0 atom stereocenters. The Kier molecular flexibility index (Phi) is 4.04. The van der Waals surface area contributed by atoms with E-state index in [9.17, 15) is 14.9 Å². The molecule has 5 nitrogen and oxygen atoms in total.